The van der Waals surface area contributed by atoms with E-state index in [1.165, 1.54) is 6.92 Å². The summed E-state index contributed by atoms with van der Waals surface area (Å²) in [7, 11) is 0. The zero-order valence-electron chi connectivity index (χ0n) is 40.1. The van der Waals surface area contributed by atoms with Crippen molar-refractivity contribution in [1.82, 2.24) is 57.0 Å². The molecular formula is C51H63N13O7. The first-order valence-electron chi connectivity index (χ1n) is 23.5. The van der Waals surface area contributed by atoms with Gasteiger partial charge in [0.15, 0.2) is 0 Å². The molecule has 0 saturated carbocycles. The molecule has 20 heteroatoms. The van der Waals surface area contributed by atoms with Gasteiger partial charge in [-0.25, -0.2) is 19.6 Å². The molecule has 0 fully saturated rings. The second kappa shape index (κ2) is 24.8. The Balaban J connectivity index is 1.37. The second-order valence-corrected chi connectivity index (χ2v) is 17.7. The van der Waals surface area contributed by atoms with Gasteiger partial charge in [0, 0.05) is 66.2 Å². The molecule has 71 heavy (non-hydrogen) atoms. The van der Waals surface area contributed by atoms with Crippen LogP contribution in [0.25, 0.3) is 21.8 Å². The molecule has 0 aliphatic carbocycles. The standard InChI is InChI=1S/C51H63N13O7/c1-5-23-62-24-14-13-22-41(45(53)65)57-48(68)42(27-34-16-7-6-8-17-34)58-51(71)64(31-36-30-55-40-21-12-10-19-38(36)40)60-46(66)33(4)56-47(67)43(28-35-29-54-39-20-11-9-18-37(35)39)59-50(70)63(26-15-25-62)61-49(69)44(52)32(2)3/h5-12,16-21,29-30,32-33,41-44,54-55H,1,13-14,22-24,26-28,31,52H2,2-4H3,(H2,53,65)(H,56,67)(H,57,68)(H,58,71)(H,59,70)(H,60,66)(H,61,69)/t33-,41-,42+,43+,44+/m0/s1. The van der Waals surface area contributed by atoms with E-state index in [0.29, 0.717) is 42.6 Å². The molecule has 5 aromatic rings. The van der Waals surface area contributed by atoms with Crippen molar-refractivity contribution in [2.75, 3.05) is 19.6 Å². The van der Waals surface area contributed by atoms with Gasteiger partial charge in [0.2, 0.25) is 17.7 Å². The number of para-hydroxylation sites is 2. The molecule has 0 unspecified atom stereocenters. The second-order valence-electron chi connectivity index (χ2n) is 17.7. The number of primary amides is 1. The molecule has 3 heterocycles. The average Bonchev–Trinajstić information content (AvgIpc) is 3.96. The van der Waals surface area contributed by atoms with E-state index in [4.69, 9.17) is 11.5 Å². The van der Waals surface area contributed by atoms with Crippen molar-refractivity contribution in [3.63, 3.8) is 0 Å². The summed E-state index contributed by atoms with van der Waals surface area (Å²) in [6.07, 6.45) is 6.06. The molecule has 0 bridgehead atoms. The maximum absolute atomic E-state index is 14.5. The number of benzene rings is 3. The fraction of sp³-hybridized carbons (Fsp3) is 0.353. The number of rotatable bonds is 12. The van der Waals surface area contributed by atoms with E-state index in [1.807, 2.05) is 54.6 Å². The van der Waals surface area contributed by atoms with Gasteiger partial charge in [0.05, 0.1) is 12.6 Å². The highest BCUT2D eigenvalue weighted by Gasteiger charge is 2.32. The third kappa shape index (κ3) is 14.4. The van der Waals surface area contributed by atoms with E-state index in [2.05, 4.69) is 60.6 Å². The lowest BCUT2D eigenvalue weighted by molar-refractivity contribution is -0.132. The first kappa shape index (κ1) is 52.1. The van der Waals surface area contributed by atoms with Crippen LogP contribution in [0.3, 0.4) is 0 Å². The molecule has 1 aliphatic heterocycles. The van der Waals surface area contributed by atoms with Gasteiger partial charge in [-0.1, -0.05) is 92.6 Å². The zero-order chi connectivity index (χ0) is 51.0. The minimum absolute atomic E-state index is 0.00951. The summed E-state index contributed by atoms with van der Waals surface area (Å²) in [5, 5.41) is 14.4. The molecule has 12 N–H and O–H groups in total. The fourth-order valence-corrected chi connectivity index (χ4v) is 7.90. The summed E-state index contributed by atoms with van der Waals surface area (Å²) in [5.74, 6) is -1.09. The van der Waals surface area contributed by atoms with Gasteiger partial charge in [-0.2, -0.15) is 0 Å². The van der Waals surface area contributed by atoms with Crippen LogP contribution in [0.4, 0.5) is 9.59 Å². The molecule has 0 radical (unpaired) electrons. The first-order chi connectivity index (χ1) is 34.1. The number of fused-ring (bicyclic) bond motifs is 2. The van der Waals surface area contributed by atoms with Crippen molar-refractivity contribution < 1.29 is 33.6 Å². The maximum atomic E-state index is 14.5. The van der Waals surface area contributed by atoms with Crippen LogP contribution < -0.4 is 43.6 Å². The monoisotopic (exact) mass is 969 g/mol. The smallest absolute Gasteiger partial charge is 0.337 e. The van der Waals surface area contributed by atoms with Crippen LogP contribution in [-0.4, -0.2) is 116 Å². The Morgan fingerprint density at radius 3 is 2.06 bits per heavy atom. The molecule has 3 aromatic carbocycles. The zero-order valence-corrected chi connectivity index (χ0v) is 40.1. The number of hydrogen-bond acceptors (Lipinski definition) is 9. The predicted molar refractivity (Wildman–Crippen MR) is 269 cm³/mol. The molecule has 20 nitrogen and oxygen atoms in total. The number of amides is 9. The highest BCUT2D eigenvalue weighted by atomic mass is 16.2. The van der Waals surface area contributed by atoms with Crippen molar-refractivity contribution in [3.05, 3.63) is 121 Å². The molecule has 0 spiro atoms. The normalized spacial score (nSPS) is 19.8. The Kier molecular flexibility index (Phi) is 18.2. The minimum Gasteiger partial charge on any atom is -0.368 e. The number of aromatic amines is 2. The summed E-state index contributed by atoms with van der Waals surface area (Å²) in [4.78, 5) is 106. The van der Waals surface area contributed by atoms with E-state index >= 15 is 0 Å². The Morgan fingerprint density at radius 1 is 0.789 bits per heavy atom. The molecular weight excluding hydrogens is 907 g/mol. The van der Waals surface area contributed by atoms with Crippen LogP contribution in [0.5, 0.6) is 0 Å². The summed E-state index contributed by atoms with van der Waals surface area (Å²) < 4.78 is 0. The van der Waals surface area contributed by atoms with E-state index in [0.717, 1.165) is 31.8 Å². The number of H-pyrrole nitrogens is 2. The van der Waals surface area contributed by atoms with E-state index in [1.54, 1.807) is 61.5 Å². The molecule has 374 valence electrons. The number of carbonyl (C=O) groups is 7. The summed E-state index contributed by atoms with van der Waals surface area (Å²) >= 11 is 0. The Morgan fingerprint density at radius 2 is 1.39 bits per heavy atom. The van der Waals surface area contributed by atoms with Crippen molar-refractivity contribution in [3.8, 4) is 12.0 Å². The number of urea groups is 2. The third-order valence-electron chi connectivity index (χ3n) is 12.0. The number of nitrogens with two attached hydrogens (primary N) is 2. The van der Waals surface area contributed by atoms with Gasteiger partial charge in [-0.3, -0.25) is 34.8 Å². The van der Waals surface area contributed by atoms with Crippen molar-refractivity contribution >= 4 is 63.4 Å². The van der Waals surface area contributed by atoms with E-state index < -0.39 is 71.8 Å². The van der Waals surface area contributed by atoms with Crippen molar-refractivity contribution in [2.45, 2.75) is 89.6 Å². The Labute approximate surface area is 412 Å². The number of aromatic nitrogens is 2. The summed E-state index contributed by atoms with van der Waals surface area (Å²) in [6, 6.07) is 18.9. The predicted octanol–water partition coefficient (Wildman–Crippen LogP) is 2.55. The van der Waals surface area contributed by atoms with Crippen molar-refractivity contribution in [2.24, 2.45) is 17.4 Å². The van der Waals surface area contributed by atoms with E-state index in [9.17, 15) is 33.6 Å². The van der Waals surface area contributed by atoms with Gasteiger partial charge in [0.1, 0.15) is 30.7 Å². The number of hydrazine groups is 2. The first-order valence-corrected chi connectivity index (χ1v) is 23.5. The highest BCUT2D eigenvalue weighted by molar-refractivity contribution is 5.95. The number of nitrogens with one attached hydrogen (secondary N) is 8. The minimum atomic E-state index is -1.34. The molecule has 6 rings (SSSR count). The topological polar surface area (TPSA) is 285 Å². The Hall–Kier alpha value is -8.31. The van der Waals surface area contributed by atoms with Crippen LogP contribution in [0.1, 0.15) is 56.7 Å². The average molecular weight is 970 g/mol. The van der Waals surface area contributed by atoms with Crippen LogP contribution in [0, 0.1) is 17.9 Å². The number of nitrogens with zero attached hydrogens (tertiary/aromatic N) is 3. The molecule has 2 aromatic heterocycles. The molecule has 1 aliphatic rings. The lowest BCUT2D eigenvalue weighted by atomic mass is 10.0. The number of hydrogen-bond donors (Lipinski definition) is 10. The quantitative estimate of drug-likeness (QED) is 0.0649. The third-order valence-corrected chi connectivity index (χ3v) is 12.0. The molecule has 5 atom stereocenters. The number of carbonyl (C=O) groups excluding carboxylic acids is 7. The van der Waals surface area contributed by atoms with Gasteiger partial charge in [0.25, 0.3) is 11.8 Å². The van der Waals surface area contributed by atoms with E-state index in [-0.39, 0.29) is 38.3 Å². The fourth-order valence-electron chi connectivity index (χ4n) is 7.90. The maximum Gasteiger partial charge on any atom is 0.337 e. The van der Waals surface area contributed by atoms with Gasteiger partial charge in [-0.05, 0) is 60.9 Å². The van der Waals surface area contributed by atoms with Gasteiger partial charge < -0.3 is 47.6 Å². The van der Waals surface area contributed by atoms with Crippen LogP contribution in [0.15, 0.2) is 104 Å². The van der Waals surface area contributed by atoms with Gasteiger partial charge >= 0.3 is 12.1 Å². The summed E-state index contributed by atoms with van der Waals surface area (Å²) in [5.41, 5.74) is 20.7. The van der Waals surface area contributed by atoms with Gasteiger partial charge in [-0.15, -0.1) is 6.58 Å². The molecule has 9 amide bonds. The highest BCUT2D eigenvalue weighted by Crippen LogP contribution is 2.21. The lowest BCUT2D eigenvalue weighted by Crippen LogP contribution is -2.61. The van der Waals surface area contributed by atoms with Crippen LogP contribution in [-0.2, 0) is 43.4 Å². The van der Waals surface area contributed by atoms with Crippen LogP contribution >= 0.6 is 0 Å². The Bertz CT molecular complexity index is 2760. The molecule has 0 saturated heterocycles. The van der Waals surface area contributed by atoms with Crippen LogP contribution in [0.2, 0.25) is 0 Å². The summed E-state index contributed by atoms with van der Waals surface area (Å²) in [6.45, 7) is 8.90. The SMILES string of the molecule is C=CCN1C#CCN(NC(=O)[C@H](N)C(C)C)C(=O)N[C@H](Cc2c[nH]c3ccccc23)C(=O)N[C@@H](C)C(=O)NN(Cc2c[nH]c3ccccc23)C(=O)N[C@H](Cc2ccccc2)C(=O)N[C@H](C(N)=O)CCCC1. The van der Waals surface area contributed by atoms with Crippen molar-refractivity contribution in [1.29, 1.82) is 0 Å². The lowest BCUT2D eigenvalue weighted by Gasteiger charge is -2.29. The largest absolute Gasteiger partial charge is 0.368 e.